The summed E-state index contributed by atoms with van der Waals surface area (Å²) < 4.78 is 12.2. The Morgan fingerprint density at radius 2 is 2.03 bits per heavy atom. The summed E-state index contributed by atoms with van der Waals surface area (Å²) >= 11 is 0. The van der Waals surface area contributed by atoms with Crippen LogP contribution in [0, 0.1) is 0 Å². The molecule has 4 atom stereocenters. The largest absolute Gasteiger partial charge is 0.508 e. The molecule has 0 radical (unpaired) electrons. The molecule has 29 heavy (non-hydrogen) atoms. The number of nitrogens with zero attached hydrogens (tertiary/aromatic N) is 4. The summed E-state index contributed by atoms with van der Waals surface area (Å²) in [5.41, 5.74) is 1.42. The van der Waals surface area contributed by atoms with Gasteiger partial charge >= 0.3 is 0 Å². The molecule has 154 valence electrons. The minimum Gasteiger partial charge on any atom is -0.508 e. The Morgan fingerprint density at radius 3 is 2.76 bits per heavy atom. The number of aliphatic hydroxyl groups is 3. The summed E-state index contributed by atoms with van der Waals surface area (Å²) in [6.07, 6.45) is -1.56. The fourth-order valence-electron chi connectivity index (χ4n) is 3.29. The molecular weight excluding hydrogens is 382 g/mol. The summed E-state index contributed by atoms with van der Waals surface area (Å²) in [5, 5.41) is 42.7. The number of imidazole rings is 1. The molecule has 4 rings (SSSR count). The Kier molecular flexibility index (Phi) is 5.20. The quantitative estimate of drug-likeness (QED) is 0.372. The van der Waals surface area contributed by atoms with Gasteiger partial charge in [0.05, 0.1) is 20.0 Å². The van der Waals surface area contributed by atoms with Crippen LogP contribution in [-0.4, -0.2) is 72.0 Å². The second kappa shape index (κ2) is 7.79. The second-order valence-corrected chi connectivity index (χ2v) is 6.62. The maximum Gasteiger partial charge on any atom is 0.167 e. The van der Waals surface area contributed by atoms with Gasteiger partial charge in [-0.2, -0.15) is 0 Å². The van der Waals surface area contributed by atoms with Crippen molar-refractivity contribution in [2.45, 2.75) is 31.1 Å². The van der Waals surface area contributed by atoms with Gasteiger partial charge in [-0.25, -0.2) is 15.0 Å². The first-order valence-corrected chi connectivity index (χ1v) is 8.93. The highest BCUT2D eigenvalue weighted by Gasteiger charge is 2.44. The van der Waals surface area contributed by atoms with Crippen LogP contribution in [0.25, 0.3) is 11.2 Å². The van der Waals surface area contributed by atoms with Crippen LogP contribution in [0.4, 0.5) is 5.82 Å². The molecule has 0 amide bonds. The van der Waals surface area contributed by atoms with E-state index in [0.717, 1.165) is 0 Å². The third-order valence-electron chi connectivity index (χ3n) is 4.88. The molecule has 11 heteroatoms. The molecule has 1 aliphatic heterocycles. The zero-order valence-corrected chi connectivity index (χ0v) is 15.5. The van der Waals surface area contributed by atoms with Crippen molar-refractivity contribution < 1.29 is 29.9 Å². The number of ether oxygens (including phenoxy) is 2. The van der Waals surface area contributed by atoms with Gasteiger partial charge in [0.2, 0.25) is 0 Å². The summed E-state index contributed by atoms with van der Waals surface area (Å²) in [4.78, 5) is 12.7. The van der Waals surface area contributed by atoms with E-state index < -0.39 is 31.1 Å². The van der Waals surface area contributed by atoms with E-state index in [4.69, 9.17) is 9.47 Å². The molecule has 5 N–H and O–H groups in total. The molecule has 0 saturated carbocycles. The van der Waals surface area contributed by atoms with E-state index in [1.54, 1.807) is 25.3 Å². The van der Waals surface area contributed by atoms with E-state index in [2.05, 4.69) is 20.3 Å². The number of hydrogen-bond donors (Lipinski definition) is 5. The van der Waals surface area contributed by atoms with Gasteiger partial charge in [0.25, 0.3) is 0 Å². The molecule has 11 nitrogen and oxygen atoms in total. The van der Waals surface area contributed by atoms with E-state index in [1.807, 2.05) is 0 Å². The first-order valence-electron chi connectivity index (χ1n) is 8.93. The number of methoxy groups -OCH3 is 1. The Labute approximate surface area is 165 Å². The van der Waals surface area contributed by atoms with Crippen LogP contribution in [0.2, 0.25) is 0 Å². The van der Waals surface area contributed by atoms with E-state index >= 15 is 0 Å². The highest BCUT2D eigenvalue weighted by molar-refractivity contribution is 5.82. The van der Waals surface area contributed by atoms with Crippen molar-refractivity contribution in [2.75, 3.05) is 19.0 Å². The first kappa shape index (κ1) is 19.3. The highest BCUT2D eigenvalue weighted by Crippen LogP contribution is 2.32. The Bertz CT molecular complexity index is 1010. The molecule has 2 aromatic heterocycles. The van der Waals surface area contributed by atoms with Gasteiger partial charge in [-0.3, -0.25) is 4.57 Å². The predicted molar refractivity (Wildman–Crippen MR) is 100 cm³/mol. The van der Waals surface area contributed by atoms with Crippen molar-refractivity contribution in [2.24, 2.45) is 0 Å². The maximum atomic E-state index is 10.3. The zero-order valence-electron chi connectivity index (χ0n) is 15.5. The van der Waals surface area contributed by atoms with Crippen LogP contribution < -0.4 is 10.1 Å². The number of aromatic nitrogens is 4. The predicted octanol–water partition coefficient (Wildman–Crippen LogP) is -0.236. The third-order valence-corrected chi connectivity index (χ3v) is 4.88. The zero-order chi connectivity index (χ0) is 20.5. The first-order chi connectivity index (χ1) is 14.0. The van der Waals surface area contributed by atoms with Crippen LogP contribution in [-0.2, 0) is 11.3 Å². The number of benzene rings is 1. The van der Waals surface area contributed by atoms with Crippen molar-refractivity contribution in [3.05, 3.63) is 36.4 Å². The van der Waals surface area contributed by atoms with Gasteiger partial charge in [0, 0.05) is 12.1 Å². The SMILES string of the molecule is COc1ccc(O)c(CNc2ncnc3c2ncn3C2O[C@H](CO)[C@@H](O)[C@@H]2O)c1. The molecular formula is C18H21N5O6. The lowest BCUT2D eigenvalue weighted by Crippen LogP contribution is -2.33. The molecule has 1 saturated heterocycles. The van der Waals surface area contributed by atoms with Crippen molar-refractivity contribution in [3.63, 3.8) is 0 Å². The van der Waals surface area contributed by atoms with Gasteiger partial charge in [-0.05, 0) is 18.2 Å². The minimum absolute atomic E-state index is 0.112. The van der Waals surface area contributed by atoms with E-state index in [0.29, 0.717) is 28.3 Å². The maximum absolute atomic E-state index is 10.3. The lowest BCUT2D eigenvalue weighted by molar-refractivity contribution is -0.0511. The van der Waals surface area contributed by atoms with Crippen molar-refractivity contribution in [3.8, 4) is 11.5 Å². The van der Waals surface area contributed by atoms with E-state index in [9.17, 15) is 20.4 Å². The standard InChI is InChI=1S/C18H21N5O6/c1-28-10-2-3-11(25)9(4-10)5-19-16-13-17(21-7-20-16)23(8-22-13)18-15(27)14(26)12(6-24)29-18/h2-4,7-8,12,14-15,18,24-27H,5-6H2,1H3,(H,19,20,21)/t12-,14-,15+,18?/m1/s1. The van der Waals surface area contributed by atoms with Gasteiger partial charge < -0.3 is 35.2 Å². The van der Waals surface area contributed by atoms with Crippen LogP contribution in [0.1, 0.15) is 11.8 Å². The number of rotatable bonds is 6. The van der Waals surface area contributed by atoms with Crippen molar-refractivity contribution >= 4 is 17.0 Å². The van der Waals surface area contributed by atoms with Crippen LogP contribution >= 0.6 is 0 Å². The topological polar surface area (TPSA) is 155 Å². The normalized spacial score (nSPS) is 24.1. The monoisotopic (exact) mass is 403 g/mol. The molecule has 1 unspecified atom stereocenters. The average Bonchev–Trinajstić information content (AvgIpc) is 3.29. The number of aliphatic hydroxyl groups excluding tert-OH is 3. The van der Waals surface area contributed by atoms with Crippen LogP contribution in [0.5, 0.6) is 11.5 Å². The van der Waals surface area contributed by atoms with Crippen LogP contribution in [0.15, 0.2) is 30.9 Å². The molecule has 1 aromatic carbocycles. The van der Waals surface area contributed by atoms with E-state index in [1.165, 1.54) is 17.2 Å². The number of fused-ring (bicyclic) bond motifs is 1. The Hall–Kier alpha value is -2.99. The second-order valence-electron chi connectivity index (χ2n) is 6.62. The molecule has 1 fully saturated rings. The molecule has 3 heterocycles. The molecule has 0 aliphatic carbocycles. The van der Waals surface area contributed by atoms with E-state index in [-0.39, 0.29) is 12.3 Å². The number of hydrogen-bond acceptors (Lipinski definition) is 10. The summed E-state index contributed by atoms with van der Waals surface area (Å²) in [7, 11) is 1.54. The smallest absolute Gasteiger partial charge is 0.167 e. The highest BCUT2D eigenvalue weighted by atomic mass is 16.6. The van der Waals surface area contributed by atoms with Crippen molar-refractivity contribution in [1.29, 1.82) is 0 Å². The number of anilines is 1. The number of aromatic hydroxyl groups is 1. The molecule has 3 aromatic rings. The van der Waals surface area contributed by atoms with Gasteiger partial charge in [0.1, 0.15) is 36.1 Å². The van der Waals surface area contributed by atoms with Crippen LogP contribution in [0.3, 0.4) is 0 Å². The third kappa shape index (κ3) is 3.44. The average molecular weight is 403 g/mol. The molecule has 0 bridgehead atoms. The summed E-state index contributed by atoms with van der Waals surface area (Å²) in [6.45, 7) is -0.164. The minimum atomic E-state index is -1.25. The Morgan fingerprint density at radius 1 is 1.21 bits per heavy atom. The number of nitrogens with one attached hydrogen (secondary N) is 1. The fraction of sp³-hybridized carbons (Fsp3) is 0.389. The Balaban J connectivity index is 1.60. The fourth-order valence-corrected chi connectivity index (χ4v) is 3.29. The van der Waals surface area contributed by atoms with Gasteiger partial charge in [-0.15, -0.1) is 0 Å². The lowest BCUT2D eigenvalue weighted by Gasteiger charge is -2.16. The van der Waals surface area contributed by atoms with Gasteiger partial charge in [0.15, 0.2) is 23.2 Å². The van der Waals surface area contributed by atoms with Gasteiger partial charge in [-0.1, -0.05) is 0 Å². The molecule has 0 spiro atoms. The summed E-state index contributed by atoms with van der Waals surface area (Å²) in [6, 6.07) is 4.91. The van der Waals surface area contributed by atoms with Crippen molar-refractivity contribution in [1.82, 2.24) is 19.5 Å². The molecule has 1 aliphatic rings. The lowest BCUT2D eigenvalue weighted by atomic mass is 10.1. The number of phenolic OH excluding ortho intramolecular Hbond substituents is 1. The number of phenols is 1. The summed E-state index contributed by atoms with van der Waals surface area (Å²) in [5.74, 6) is 1.14.